The Labute approximate surface area is 122 Å². The topological polar surface area (TPSA) is 95.7 Å². The highest BCUT2D eigenvalue weighted by molar-refractivity contribution is 8.76. The molecule has 0 amide bonds. The van der Waals surface area contributed by atoms with E-state index in [0.29, 0.717) is 10.6 Å². The fourth-order valence-electron chi connectivity index (χ4n) is 1.17. The Morgan fingerprint density at radius 2 is 2.25 bits per heavy atom. The third kappa shape index (κ3) is 5.49. The zero-order valence-electron chi connectivity index (χ0n) is 10.4. The zero-order chi connectivity index (χ0) is 15.0. The predicted octanol–water partition coefficient (Wildman–Crippen LogP) is 2.43. The van der Waals surface area contributed by atoms with E-state index in [-0.39, 0.29) is 30.5 Å². The van der Waals surface area contributed by atoms with Crippen LogP contribution in [0, 0.1) is 10.1 Å². The van der Waals surface area contributed by atoms with E-state index >= 15 is 0 Å². The second-order valence-electron chi connectivity index (χ2n) is 3.35. The molecule has 0 bridgehead atoms. The number of nitrogens with zero attached hydrogens (tertiary/aromatic N) is 1. The number of nitro benzene ring substituents is 1. The number of carbonyl (C=O) groups is 2. The lowest BCUT2D eigenvalue weighted by Crippen LogP contribution is -2.01. The molecule has 108 valence electrons. The largest absolute Gasteiger partial charge is 0.465 e. The van der Waals surface area contributed by atoms with Crippen molar-refractivity contribution in [1.82, 2.24) is 0 Å². The zero-order valence-corrected chi connectivity index (χ0v) is 12.1. The molecule has 7 nitrogen and oxygen atoms in total. The molecule has 0 unspecified atom stereocenters. The summed E-state index contributed by atoms with van der Waals surface area (Å²) in [6, 6.07) is 4.24. The molecule has 0 aliphatic heterocycles. The van der Waals surface area contributed by atoms with E-state index < -0.39 is 4.92 Å². The average Bonchev–Trinajstić information content (AvgIpc) is 2.38. The number of rotatable bonds is 8. The summed E-state index contributed by atoms with van der Waals surface area (Å²) >= 11 is 0. The molecule has 0 atom stereocenters. The van der Waals surface area contributed by atoms with Gasteiger partial charge in [-0.15, -0.1) is 0 Å². The summed E-state index contributed by atoms with van der Waals surface area (Å²) in [7, 11) is 2.75. The Bertz CT molecular complexity index is 508. The van der Waals surface area contributed by atoms with Crippen LogP contribution < -0.4 is 4.74 Å². The van der Waals surface area contributed by atoms with Gasteiger partial charge in [0.2, 0.25) is 5.75 Å². The molecule has 0 aliphatic carbocycles. The molecule has 0 saturated heterocycles. The minimum absolute atomic E-state index is 0.101. The van der Waals surface area contributed by atoms with Crippen molar-refractivity contribution < 1.29 is 24.0 Å². The minimum atomic E-state index is -0.624. The first kappa shape index (κ1) is 16.3. The van der Waals surface area contributed by atoms with Crippen LogP contribution in [0.1, 0.15) is 6.92 Å². The van der Waals surface area contributed by atoms with Gasteiger partial charge in [0.05, 0.1) is 4.92 Å². The van der Waals surface area contributed by atoms with Gasteiger partial charge in [0.1, 0.15) is 6.61 Å². The van der Waals surface area contributed by atoms with Crippen LogP contribution in [0.5, 0.6) is 5.75 Å². The number of nitro groups is 1. The van der Waals surface area contributed by atoms with Crippen LogP contribution in [-0.4, -0.2) is 29.7 Å². The summed E-state index contributed by atoms with van der Waals surface area (Å²) < 4.78 is 9.34. The average molecular weight is 317 g/mol. The lowest BCUT2D eigenvalue weighted by Gasteiger charge is -2.04. The van der Waals surface area contributed by atoms with Crippen molar-refractivity contribution in [3.8, 4) is 5.75 Å². The number of esters is 1. The van der Waals surface area contributed by atoms with Crippen LogP contribution in [0.2, 0.25) is 0 Å². The number of carbonyl (C=O) groups excluding carboxylic acids is 2. The molecule has 0 aromatic heterocycles. The van der Waals surface area contributed by atoms with Gasteiger partial charge in [-0.05, 0) is 6.07 Å². The molecule has 0 radical (unpaired) electrons. The number of benzene rings is 1. The van der Waals surface area contributed by atoms with Crippen molar-refractivity contribution >= 4 is 39.7 Å². The monoisotopic (exact) mass is 317 g/mol. The van der Waals surface area contributed by atoms with Crippen molar-refractivity contribution in [2.75, 3.05) is 12.4 Å². The van der Waals surface area contributed by atoms with E-state index in [9.17, 15) is 19.7 Å². The van der Waals surface area contributed by atoms with Crippen LogP contribution >= 0.6 is 21.6 Å². The first-order valence-corrected chi connectivity index (χ1v) is 7.68. The van der Waals surface area contributed by atoms with Gasteiger partial charge in [0.25, 0.3) is 6.47 Å². The van der Waals surface area contributed by atoms with E-state index in [0.717, 1.165) is 0 Å². The SMILES string of the molecule is CC(=O)OCCSSc1ccc([N+](=O)[O-])c(OC=O)c1. The molecule has 9 heteroatoms. The van der Waals surface area contributed by atoms with Crippen LogP contribution in [0.3, 0.4) is 0 Å². The van der Waals surface area contributed by atoms with Crippen LogP contribution in [0.25, 0.3) is 0 Å². The highest BCUT2D eigenvalue weighted by Crippen LogP contribution is 2.36. The molecule has 1 rings (SSSR count). The van der Waals surface area contributed by atoms with Gasteiger partial charge in [0.15, 0.2) is 0 Å². The smallest absolute Gasteiger partial charge is 0.311 e. The molecule has 0 spiro atoms. The Kier molecular flexibility index (Phi) is 6.88. The normalized spacial score (nSPS) is 9.85. The molecular weight excluding hydrogens is 306 g/mol. The molecule has 0 N–H and O–H groups in total. The molecule has 1 aromatic carbocycles. The maximum absolute atomic E-state index is 10.7. The Morgan fingerprint density at radius 3 is 2.85 bits per heavy atom. The number of ether oxygens (including phenoxy) is 2. The maximum atomic E-state index is 10.7. The lowest BCUT2D eigenvalue weighted by molar-refractivity contribution is -0.385. The maximum Gasteiger partial charge on any atom is 0.311 e. The Hall–Kier alpha value is -1.74. The van der Waals surface area contributed by atoms with Crippen molar-refractivity contribution in [2.45, 2.75) is 11.8 Å². The highest BCUT2D eigenvalue weighted by Gasteiger charge is 2.15. The van der Waals surface area contributed by atoms with E-state index in [1.165, 1.54) is 40.6 Å². The van der Waals surface area contributed by atoms with E-state index in [1.54, 1.807) is 6.07 Å². The molecule has 0 heterocycles. The Morgan fingerprint density at radius 1 is 1.50 bits per heavy atom. The third-order valence-corrected chi connectivity index (χ3v) is 4.26. The molecule has 1 aromatic rings. The summed E-state index contributed by atoms with van der Waals surface area (Å²) in [5.74, 6) is 0.133. The van der Waals surface area contributed by atoms with Gasteiger partial charge in [0, 0.05) is 29.7 Å². The first-order chi connectivity index (χ1) is 9.54. The fraction of sp³-hybridized carbons (Fsp3) is 0.273. The van der Waals surface area contributed by atoms with Crippen molar-refractivity contribution in [1.29, 1.82) is 0 Å². The van der Waals surface area contributed by atoms with E-state index in [2.05, 4.69) is 4.74 Å². The van der Waals surface area contributed by atoms with E-state index in [1.807, 2.05) is 0 Å². The highest BCUT2D eigenvalue weighted by atomic mass is 33.1. The molecule has 0 aliphatic rings. The van der Waals surface area contributed by atoms with Gasteiger partial charge in [-0.1, -0.05) is 21.6 Å². The molecule has 0 fully saturated rings. The van der Waals surface area contributed by atoms with Crippen LogP contribution in [0.4, 0.5) is 5.69 Å². The molecule has 0 saturated carbocycles. The van der Waals surface area contributed by atoms with Gasteiger partial charge in [-0.3, -0.25) is 19.7 Å². The second kappa shape index (κ2) is 8.43. The summed E-state index contributed by atoms with van der Waals surface area (Å²) in [5.41, 5.74) is -0.272. The Balaban J connectivity index is 2.58. The van der Waals surface area contributed by atoms with E-state index in [4.69, 9.17) is 4.74 Å². The third-order valence-electron chi connectivity index (χ3n) is 1.93. The molecular formula is C11H11NO6S2. The van der Waals surface area contributed by atoms with Crippen LogP contribution in [0.15, 0.2) is 23.1 Å². The lowest BCUT2D eigenvalue weighted by atomic mass is 10.3. The van der Waals surface area contributed by atoms with Crippen molar-refractivity contribution in [3.63, 3.8) is 0 Å². The van der Waals surface area contributed by atoms with Gasteiger partial charge in [-0.2, -0.15) is 0 Å². The van der Waals surface area contributed by atoms with Gasteiger partial charge >= 0.3 is 11.7 Å². The summed E-state index contributed by atoms with van der Waals surface area (Å²) in [5, 5.41) is 10.7. The molecule has 20 heavy (non-hydrogen) atoms. The van der Waals surface area contributed by atoms with Gasteiger partial charge in [-0.25, -0.2) is 0 Å². The minimum Gasteiger partial charge on any atom is -0.465 e. The quantitative estimate of drug-likeness (QED) is 0.180. The van der Waals surface area contributed by atoms with Gasteiger partial charge < -0.3 is 9.47 Å². The second-order valence-corrected chi connectivity index (χ2v) is 5.84. The van der Waals surface area contributed by atoms with Crippen LogP contribution in [-0.2, 0) is 14.3 Å². The summed E-state index contributed by atoms with van der Waals surface area (Å²) in [6.07, 6.45) is 0. The standard InChI is InChI=1S/C11H11NO6S2/c1-8(14)17-4-5-19-20-9-2-3-10(12(15)16)11(6-9)18-7-13/h2-3,6-7H,4-5H2,1H3. The fourth-order valence-corrected chi connectivity index (χ4v) is 3.00. The summed E-state index contributed by atoms with van der Waals surface area (Å²) in [6.45, 7) is 1.76. The first-order valence-electron chi connectivity index (χ1n) is 5.36. The van der Waals surface area contributed by atoms with Crippen molar-refractivity contribution in [2.24, 2.45) is 0 Å². The summed E-state index contributed by atoms with van der Waals surface area (Å²) in [4.78, 5) is 31.7. The number of hydrogen-bond donors (Lipinski definition) is 0. The number of hydrogen-bond acceptors (Lipinski definition) is 8. The van der Waals surface area contributed by atoms with Crippen molar-refractivity contribution in [3.05, 3.63) is 28.3 Å². The predicted molar refractivity (Wildman–Crippen MR) is 74.7 cm³/mol.